The van der Waals surface area contributed by atoms with Crippen LogP contribution in [0.3, 0.4) is 0 Å². The van der Waals surface area contributed by atoms with Gasteiger partial charge in [0.2, 0.25) is 5.91 Å². The largest absolute Gasteiger partial charge is 0.352 e. The Bertz CT molecular complexity index is 843. The zero-order chi connectivity index (χ0) is 18.7. The van der Waals surface area contributed by atoms with Crippen LogP contribution in [0.25, 0.3) is 0 Å². The topological polar surface area (TPSA) is 67.2 Å². The lowest BCUT2D eigenvalue weighted by molar-refractivity contribution is -0.122. The standard InChI is InChI=1S/C20H26N4O2/c1-14(2)21-19(25)13-24-15(3)22-18-12-23(10-9-17(18)20(24)26)11-16-7-5-4-6-8-16/h4-8,14H,9-13H2,1-3H3,(H,21,25). The predicted molar refractivity (Wildman–Crippen MR) is 101 cm³/mol. The minimum Gasteiger partial charge on any atom is -0.352 e. The Morgan fingerprint density at radius 1 is 1.27 bits per heavy atom. The quantitative estimate of drug-likeness (QED) is 0.886. The molecule has 6 nitrogen and oxygen atoms in total. The Morgan fingerprint density at radius 3 is 2.69 bits per heavy atom. The van der Waals surface area contributed by atoms with Crippen molar-refractivity contribution < 1.29 is 4.79 Å². The number of amides is 1. The minimum atomic E-state index is -0.159. The summed E-state index contributed by atoms with van der Waals surface area (Å²) < 4.78 is 1.49. The number of rotatable bonds is 5. The van der Waals surface area contributed by atoms with Gasteiger partial charge in [-0.2, -0.15) is 0 Å². The highest BCUT2D eigenvalue weighted by molar-refractivity contribution is 5.76. The van der Waals surface area contributed by atoms with Gasteiger partial charge in [0.25, 0.3) is 5.56 Å². The second kappa shape index (κ2) is 7.83. The number of nitrogens with zero attached hydrogens (tertiary/aromatic N) is 3. The van der Waals surface area contributed by atoms with E-state index in [0.717, 1.165) is 24.3 Å². The third-order valence-corrected chi connectivity index (χ3v) is 4.59. The van der Waals surface area contributed by atoms with Crippen LogP contribution in [0.5, 0.6) is 0 Å². The van der Waals surface area contributed by atoms with Crippen molar-refractivity contribution in [2.24, 2.45) is 0 Å². The molecule has 0 aliphatic carbocycles. The van der Waals surface area contributed by atoms with Crippen molar-refractivity contribution in [3.8, 4) is 0 Å². The summed E-state index contributed by atoms with van der Waals surface area (Å²) >= 11 is 0. The van der Waals surface area contributed by atoms with Crippen molar-refractivity contribution in [2.45, 2.75) is 52.9 Å². The summed E-state index contributed by atoms with van der Waals surface area (Å²) in [5, 5.41) is 2.83. The second-order valence-corrected chi connectivity index (χ2v) is 7.14. The van der Waals surface area contributed by atoms with E-state index in [1.54, 1.807) is 6.92 Å². The van der Waals surface area contributed by atoms with Gasteiger partial charge in [-0.15, -0.1) is 0 Å². The maximum Gasteiger partial charge on any atom is 0.257 e. The number of fused-ring (bicyclic) bond motifs is 1. The number of aromatic nitrogens is 2. The van der Waals surface area contributed by atoms with Crippen LogP contribution < -0.4 is 10.9 Å². The molecule has 6 heteroatoms. The van der Waals surface area contributed by atoms with E-state index in [0.29, 0.717) is 18.8 Å². The van der Waals surface area contributed by atoms with Crippen LogP contribution >= 0.6 is 0 Å². The van der Waals surface area contributed by atoms with Crippen LogP contribution in [0.2, 0.25) is 0 Å². The number of carbonyl (C=O) groups excluding carboxylic acids is 1. The van der Waals surface area contributed by atoms with Crippen molar-refractivity contribution in [3.63, 3.8) is 0 Å². The van der Waals surface area contributed by atoms with Gasteiger partial charge in [-0.25, -0.2) is 4.98 Å². The van der Waals surface area contributed by atoms with Crippen molar-refractivity contribution >= 4 is 5.91 Å². The normalized spacial score (nSPS) is 14.3. The first kappa shape index (κ1) is 18.3. The van der Waals surface area contributed by atoms with Crippen LogP contribution in [-0.2, 0) is 30.8 Å². The number of aryl methyl sites for hydroxylation is 1. The van der Waals surface area contributed by atoms with Gasteiger partial charge >= 0.3 is 0 Å². The van der Waals surface area contributed by atoms with Crippen LogP contribution in [0, 0.1) is 6.92 Å². The molecule has 0 atom stereocenters. The van der Waals surface area contributed by atoms with Crippen LogP contribution in [0.4, 0.5) is 0 Å². The van der Waals surface area contributed by atoms with E-state index in [1.165, 1.54) is 10.1 Å². The van der Waals surface area contributed by atoms with Crippen molar-refractivity contribution in [1.29, 1.82) is 0 Å². The molecule has 26 heavy (non-hydrogen) atoms. The molecule has 0 unspecified atom stereocenters. The molecule has 0 fully saturated rings. The van der Waals surface area contributed by atoms with Crippen LogP contribution in [-0.4, -0.2) is 32.9 Å². The molecule has 1 aromatic carbocycles. The van der Waals surface area contributed by atoms with Gasteiger partial charge in [-0.05, 0) is 32.8 Å². The van der Waals surface area contributed by atoms with Gasteiger partial charge in [0, 0.05) is 31.2 Å². The molecular weight excluding hydrogens is 328 g/mol. The maximum absolute atomic E-state index is 12.8. The Hall–Kier alpha value is -2.47. The lowest BCUT2D eigenvalue weighted by Crippen LogP contribution is -2.41. The fourth-order valence-electron chi connectivity index (χ4n) is 3.37. The minimum absolute atomic E-state index is 0.0247. The summed E-state index contributed by atoms with van der Waals surface area (Å²) in [6.45, 7) is 7.96. The van der Waals surface area contributed by atoms with Gasteiger partial charge in [0.1, 0.15) is 12.4 Å². The number of benzene rings is 1. The number of nitrogens with one attached hydrogen (secondary N) is 1. The summed E-state index contributed by atoms with van der Waals surface area (Å²) in [4.78, 5) is 31.8. The Morgan fingerprint density at radius 2 is 2.00 bits per heavy atom. The summed E-state index contributed by atoms with van der Waals surface area (Å²) in [5.74, 6) is 0.433. The third-order valence-electron chi connectivity index (χ3n) is 4.59. The molecule has 1 aromatic heterocycles. The molecule has 0 radical (unpaired) electrons. The molecular formula is C20H26N4O2. The van der Waals surface area contributed by atoms with Gasteiger partial charge in [0.05, 0.1) is 5.69 Å². The summed E-state index contributed by atoms with van der Waals surface area (Å²) in [5.41, 5.74) is 2.77. The lowest BCUT2D eigenvalue weighted by Gasteiger charge is -2.28. The number of hydrogen-bond acceptors (Lipinski definition) is 4. The first-order chi connectivity index (χ1) is 12.4. The monoisotopic (exact) mass is 354 g/mol. The SMILES string of the molecule is Cc1nc2c(c(=O)n1CC(=O)NC(C)C)CCN(Cc1ccccc1)C2. The van der Waals surface area contributed by atoms with E-state index in [1.807, 2.05) is 32.0 Å². The van der Waals surface area contributed by atoms with Crippen LogP contribution in [0.15, 0.2) is 35.1 Å². The van der Waals surface area contributed by atoms with E-state index >= 15 is 0 Å². The molecule has 1 aliphatic heterocycles. The predicted octanol–water partition coefficient (Wildman–Crippen LogP) is 1.63. The highest BCUT2D eigenvalue weighted by Crippen LogP contribution is 2.17. The van der Waals surface area contributed by atoms with E-state index in [9.17, 15) is 9.59 Å². The van der Waals surface area contributed by atoms with Gasteiger partial charge in [0.15, 0.2) is 0 Å². The average Bonchev–Trinajstić information content (AvgIpc) is 2.58. The van der Waals surface area contributed by atoms with Crippen LogP contribution in [0.1, 0.15) is 36.5 Å². The second-order valence-electron chi connectivity index (χ2n) is 7.14. The van der Waals surface area contributed by atoms with E-state index < -0.39 is 0 Å². The summed E-state index contributed by atoms with van der Waals surface area (Å²) in [6, 6.07) is 10.4. The molecule has 138 valence electrons. The van der Waals surface area contributed by atoms with Crippen molar-refractivity contribution in [2.75, 3.05) is 6.54 Å². The highest BCUT2D eigenvalue weighted by atomic mass is 16.2. The molecule has 0 bridgehead atoms. The molecule has 0 spiro atoms. The van der Waals surface area contributed by atoms with E-state index in [2.05, 4.69) is 27.3 Å². The zero-order valence-corrected chi connectivity index (χ0v) is 15.7. The molecule has 1 aliphatic rings. The first-order valence-electron chi connectivity index (χ1n) is 9.09. The lowest BCUT2D eigenvalue weighted by atomic mass is 10.1. The summed E-state index contributed by atoms with van der Waals surface area (Å²) in [6.07, 6.45) is 0.667. The molecule has 0 saturated heterocycles. The maximum atomic E-state index is 12.8. The average molecular weight is 354 g/mol. The Balaban J connectivity index is 1.78. The summed E-state index contributed by atoms with van der Waals surface area (Å²) in [7, 11) is 0. The van der Waals surface area contributed by atoms with E-state index in [-0.39, 0.29) is 24.1 Å². The molecule has 2 heterocycles. The highest BCUT2D eigenvalue weighted by Gasteiger charge is 2.23. The van der Waals surface area contributed by atoms with Gasteiger partial charge in [-0.1, -0.05) is 30.3 Å². The fraction of sp³-hybridized carbons (Fsp3) is 0.450. The molecule has 0 saturated carbocycles. The van der Waals surface area contributed by atoms with Crippen molar-refractivity contribution in [1.82, 2.24) is 19.8 Å². The Kier molecular flexibility index (Phi) is 5.52. The van der Waals surface area contributed by atoms with Gasteiger partial charge in [-0.3, -0.25) is 19.1 Å². The first-order valence-corrected chi connectivity index (χ1v) is 9.09. The number of carbonyl (C=O) groups is 1. The Labute approximate surface area is 153 Å². The molecule has 1 amide bonds. The fourth-order valence-corrected chi connectivity index (χ4v) is 3.37. The molecule has 1 N–H and O–H groups in total. The number of hydrogen-bond donors (Lipinski definition) is 1. The third kappa shape index (κ3) is 4.19. The smallest absolute Gasteiger partial charge is 0.257 e. The van der Waals surface area contributed by atoms with Gasteiger partial charge < -0.3 is 5.32 Å². The van der Waals surface area contributed by atoms with Crippen molar-refractivity contribution in [3.05, 3.63) is 63.3 Å². The van der Waals surface area contributed by atoms with E-state index in [4.69, 9.17) is 0 Å². The molecule has 2 aromatic rings. The molecule has 3 rings (SSSR count). The zero-order valence-electron chi connectivity index (χ0n) is 15.7.